The van der Waals surface area contributed by atoms with Crippen molar-refractivity contribution >= 4 is 0 Å². The van der Waals surface area contributed by atoms with Crippen molar-refractivity contribution in [2.45, 2.75) is 31.8 Å². The minimum absolute atomic E-state index is 0.121. The van der Waals surface area contributed by atoms with E-state index < -0.39 is 0 Å². The van der Waals surface area contributed by atoms with Gasteiger partial charge in [0.1, 0.15) is 0 Å². The summed E-state index contributed by atoms with van der Waals surface area (Å²) in [6.07, 6.45) is 2.65. The van der Waals surface area contributed by atoms with Gasteiger partial charge in [-0.05, 0) is 6.42 Å². The van der Waals surface area contributed by atoms with Crippen LogP contribution in [0, 0.1) is 0 Å². The number of aliphatic hydroxyl groups excluding tert-OH is 1. The van der Waals surface area contributed by atoms with Gasteiger partial charge in [0.05, 0.1) is 12.2 Å². The fraction of sp³-hybridized carbons (Fsp3) is 1.00. The van der Waals surface area contributed by atoms with Gasteiger partial charge in [-0.1, -0.05) is 6.92 Å². The second-order valence-corrected chi connectivity index (χ2v) is 3.30. The molecule has 0 atom stereocenters. The molecule has 1 heterocycles. The van der Waals surface area contributed by atoms with Crippen LogP contribution in [0.25, 0.3) is 0 Å². The molecule has 0 unspecified atom stereocenters. The van der Waals surface area contributed by atoms with E-state index in [0.717, 1.165) is 25.9 Å². The standard InChI is InChI=1S/C9H18O3/c1-2-5-12-9(8-10)3-6-11-7-4-9/h10H,2-8H2,1H3. The van der Waals surface area contributed by atoms with E-state index in [1.807, 2.05) is 0 Å². The maximum Gasteiger partial charge on any atom is 0.0955 e. The van der Waals surface area contributed by atoms with Gasteiger partial charge in [-0.15, -0.1) is 0 Å². The van der Waals surface area contributed by atoms with E-state index in [1.165, 1.54) is 0 Å². The number of aliphatic hydroxyl groups is 1. The van der Waals surface area contributed by atoms with Gasteiger partial charge in [0.2, 0.25) is 0 Å². The Bertz CT molecular complexity index is 119. The molecule has 1 fully saturated rings. The first-order chi connectivity index (χ1) is 5.83. The van der Waals surface area contributed by atoms with Crippen molar-refractivity contribution in [2.24, 2.45) is 0 Å². The quantitative estimate of drug-likeness (QED) is 0.689. The third-order valence-corrected chi connectivity index (χ3v) is 2.30. The molecule has 0 amide bonds. The lowest BCUT2D eigenvalue weighted by Gasteiger charge is -2.35. The molecular weight excluding hydrogens is 156 g/mol. The summed E-state index contributed by atoms with van der Waals surface area (Å²) in [5.74, 6) is 0. The smallest absolute Gasteiger partial charge is 0.0955 e. The third kappa shape index (κ3) is 2.44. The van der Waals surface area contributed by atoms with Crippen LogP contribution in [0.1, 0.15) is 26.2 Å². The van der Waals surface area contributed by atoms with E-state index in [2.05, 4.69) is 6.92 Å². The maximum absolute atomic E-state index is 9.19. The summed E-state index contributed by atoms with van der Waals surface area (Å²) in [5, 5.41) is 9.19. The predicted molar refractivity (Wildman–Crippen MR) is 46.1 cm³/mol. The van der Waals surface area contributed by atoms with Crippen molar-refractivity contribution in [3.8, 4) is 0 Å². The van der Waals surface area contributed by atoms with Crippen LogP contribution < -0.4 is 0 Å². The molecule has 1 aliphatic rings. The van der Waals surface area contributed by atoms with Crippen molar-refractivity contribution in [3.05, 3.63) is 0 Å². The fourth-order valence-corrected chi connectivity index (χ4v) is 1.41. The number of ether oxygens (including phenoxy) is 2. The monoisotopic (exact) mass is 174 g/mol. The van der Waals surface area contributed by atoms with Gasteiger partial charge in [-0.3, -0.25) is 0 Å². The first-order valence-corrected chi connectivity index (χ1v) is 4.65. The Labute approximate surface area is 73.7 Å². The molecule has 72 valence electrons. The van der Waals surface area contributed by atoms with Crippen LogP contribution in [0.3, 0.4) is 0 Å². The lowest BCUT2D eigenvalue weighted by atomic mass is 9.95. The molecule has 0 aromatic heterocycles. The van der Waals surface area contributed by atoms with Crippen molar-refractivity contribution in [3.63, 3.8) is 0 Å². The average molecular weight is 174 g/mol. The summed E-state index contributed by atoms with van der Waals surface area (Å²) in [5.41, 5.74) is -0.297. The largest absolute Gasteiger partial charge is 0.393 e. The minimum atomic E-state index is -0.297. The van der Waals surface area contributed by atoms with Crippen molar-refractivity contribution in [1.29, 1.82) is 0 Å². The summed E-state index contributed by atoms with van der Waals surface area (Å²) in [6.45, 7) is 4.36. The molecule has 0 saturated carbocycles. The lowest BCUT2D eigenvalue weighted by molar-refractivity contribution is -0.133. The molecule has 1 rings (SSSR count). The number of hydrogen-bond donors (Lipinski definition) is 1. The van der Waals surface area contributed by atoms with E-state index in [9.17, 15) is 5.11 Å². The molecule has 0 aromatic rings. The van der Waals surface area contributed by atoms with Gasteiger partial charge in [0, 0.05) is 32.7 Å². The molecule has 3 heteroatoms. The topological polar surface area (TPSA) is 38.7 Å². The van der Waals surface area contributed by atoms with Crippen molar-refractivity contribution in [1.82, 2.24) is 0 Å². The van der Waals surface area contributed by atoms with Gasteiger partial charge in [-0.2, -0.15) is 0 Å². The normalized spacial score (nSPS) is 22.5. The highest BCUT2D eigenvalue weighted by Gasteiger charge is 2.32. The zero-order chi connectivity index (χ0) is 8.86. The summed E-state index contributed by atoms with van der Waals surface area (Å²) in [6, 6.07) is 0. The van der Waals surface area contributed by atoms with Gasteiger partial charge in [-0.25, -0.2) is 0 Å². The molecule has 0 bridgehead atoms. The average Bonchev–Trinajstić information content (AvgIpc) is 2.16. The Balaban J connectivity index is 2.37. The molecule has 0 radical (unpaired) electrons. The summed E-state index contributed by atoms with van der Waals surface area (Å²) in [4.78, 5) is 0. The SMILES string of the molecule is CCCOC1(CO)CCOCC1. The number of hydrogen-bond acceptors (Lipinski definition) is 3. The third-order valence-electron chi connectivity index (χ3n) is 2.30. The van der Waals surface area contributed by atoms with Crippen LogP contribution >= 0.6 is 0 Å². The highest BCUT2D eigenvalue weighted by atomic mass is 16.5. The lowest BCUT2D eigenvalue weighted by Crippen LogP contribution is -2.42. The molecule has 3 nitrogen and oxygen atoms in total. The molecule has 1 N–H and O–H groups in total. The molecule has 1 aliphatic heterocycles. The Kier molecular flexibility index (Phi) is 3.98. The molecule has 12 heavy (non-hydrogen) atoms. The van der Waals surface area contributed by atoms with Gasteiger partial charge >= 0.3 is 0 Å². The van der Waals surface area contributed by atoms with Crippen LogP contribution in [-0.2, 0) is 9.47 Å². The van der Waals surface area contributed by atoms with E-state index in [-0.39, 0.29) is 12.2 Å². The molecule has 0 spiro atoms. The highest BCUT2D eigenvalue weighted by Crippen LogP contribution is 2.24. The molecule has 0 aliphatic carbocycles. The van der Waals surface area contributed by atoms with E-state index in [0.29, 0.717) is 13.2 Å². The van der Waals surface area contributed by atoms with Crippen LogP contribution in [0.4, 0.5) is 0 Å². The summed E-state index contributed by atoms with van der Waals surface area (Å²) in [7, 11) is 0. The van der Waals surface area contributed by atoms with E-state index in [1.54, 1.807) is 0 Å². The molecule has 0 aromatic carbocycles. The Morgan fingerprint density at radius 2 is 2.08 bits per heavy atom. The Hall–Kier alpha value is -0.120. The van der Waals surface area contributed by atoms with Gasteiger partial charge < -0.3 is 14.6 Å². The zero-order valence-electron chi connectivity index (χ0n) is 7.71. The van der Waals surface area contributed by atoms with Crippen molar-refractivity contribution in [2.75, 3.05) is 26.4 Å². The second kappa shape index (κ2) is 4.80. The van der Waals surface area contributed by atoms with Crippen LogP contribution in [0.2, 0.25) is 0 Å². The zero-order valence-corrected chi connectivity index (χ0v) is 7.71. The summed E-state index contributed by atoms with van der Waals surface area (Å²) >= 11 is 0. The Morgan fingerprint density at radius 3 is 2.58 bits per heavy atom. The van der Waals surface area contributed by atoms with E-state index >= 15 is 0 Å². The molecular formula is C9H18O3. The van der Waals surface area contributed by atoms with Crippen LogP contribution in [0.5, 0.6) is 0 Å². The Morgan fingerprint density at radius 1 is 1.42 bits per heavy atom. The van der Waals surface area contributed by atoms with Crippen LogP contribution in [0.15, 0.2) is 0 Å². The van der Waals surface area contributed by atoms with Gasteiger partial charge in [0.15, 0.2) is 0 Å². The maximum atomic E-state index is 9.19. The summed E-state index contributed by atoms with van der Waals surface area (Å²) < 4.78 is 10.9. The first-order valence-electron chi connectivity index (χ1n) is 4.65. The molecule has 1 saturated heterocycles. The van der Waals surface area contributed by atoms with E-state index in [4.69, 9.17) is 9.47 Å². The first kappa shape index (κ1) is 9.96. The second-order valence-electron chi connectivity index (χ2n) is 3.30. The predicted octanol–water partition coefficient (Wildman–Crippen LogP) is 0.955. The highest BCUT2D eigenvalue weighted by molar-refractivity contribution is 4.82. The number of rotatable bonds is 4. The van der Waals surface area contributed by atoms with Crippen LogP contribution in [-0.4, -0.2) is 37.1 Å². The fourth-order valence-electron chi connectivity index (χ4n) is 1.41. The van der Waals surface area contributed by atoms with Gasteiger partial charge in [0.25, 0.3) is 0 Å². The minimum Gasteiger partial charge on any atom is -0.393 e. The van der Waals surface area contributed by atoms with Crippen molar-refractivity contribution < 1.29 is 14.6 Å².